The standard InChI is InChI=1S/C47H54F3N7O8/c1-26-23-34(33-7-5-21-55(33)45(38(60)53-40(62)63)29-13-9-27(10-14-29)42(45,2)24-36(51)58)57(32-19-17-31(18-20-32)47(48,49)50)44(26,4)35-8-6-22-56(35)46(39(61)54-41(64)65)30-15-11-28(12-16-30)43(46,3)25-37(52)59/h9-20,26,33-35H,5-8,21-25H2,1-4H3,(H2,51,58)(H2,52,59)(H,53,60)(H,54,61)(H,62,63)(H,64,65)/t26?,33?,34-,35?,42?,43?,44-,45+,46+/m0/s1. The zero-order valence-corrected chi connectivity index (χ0v) is 36.6. The van der Waals surface area contributed by atoms with Gasteiger partial charge in [0.1, 0.15) is 11.1 Å². The smallest absolute Gasteiger partial charge is 0.416 e. The zero-order valence-electron chi connectivity index (χ0n) is 36.6. The molecule has 18 heteroatoms. The molecule has 9 atom stereocenters. The zero-order chi connectivity index (χ0) is 47.2. The molecule has 3 saturated heterocycles. The van der Waals surface area contributed by atoms with Crippen molar-refractivity contribution in [2.75, 3.05) is 18.0 Å². The number of likely N-dealkylation sites (tertiary alicyclic amines) is 2. The summed E-state index contributed by atoms with van der Waals surface area (Å²) in [6.45, 7) is 8.03. The highest BCUT2D eigenvalue weighted by molar-refractivity contribution is 6.01. The van der Waals surface area contributed by atoms with Crippen molar-refractivity contribution < 1.29 is 52.2 Å². The van der Waals surface area contributed by atoms with E-state index in [-0.39, 0.29) is 31.8 Å². The number of hydrogen-bond acceptors (Lipinski definition) is 9. The summed E-state index contributed by atoms with van der Waals surface area (Å²) < 4.78 is 42.6. The number of fused-ring (bicyclic) bond motifs is 6. The molecular weight excluding hydrogens is 848 g/mol. The van der Waals surface area contributed by atoms with Gasteiger partial charge in [-0.1, -0.05) is 69.3 Å². The summed E-state index contributed by atoms with van der Waals surface area (Å²) in [5.41, 5.74) is 6.09. The molecule has 4 aliphatic carbocycles. The van der Waals surface area contributed by atoms with E-state index < -0.39 is 93.1 Å². The Morgan fingerprint density at radius 1 is 0.662 bits per heavy atom. The van der Waals surface area contributed by atoms with Crippen molar-refractivity contribution in [3.63, 3.8) is 0 Å². The number of anilines is 1. The van der Waals surface area contributed by atoms with Crippen LogP contribution in [0.1, 0.15) is 100 Å². The van der Waals surface area contributed by atoms with Crippen LogP contribution < -0.4 is 27.0 Å². The minimum Gasteiger partial charge on any atom is -0.465 e. The number of imide groups is 2. The van der Waals surface area contributed by atoms with Gasteiger partial charge in [-0.25, -0.2) is 9.59 Å². The lowest BCUT2D eigenvalue weighted by Gasteiger charge is -2.60. The Labute approximate surface area is 373 Å². The molecule has 8 N–H and O–H groups in total. The lowest BCUT2D eigenvalue weighted by Crippen LogP contribution is -2.74. The fraction of sp³-hybridized carbons (Fsp3) is 0.489. The van der Waals surface area contributed by atoms with E-state index in [9.17, 15) is 52.2 Å². The predicted octanol–water partition coefficient (Wildman–Crippen LogP) is 5.28. The maximum atomic E-state index is 15.0. The molecule has 3 fully saturated rings. The number of nitrogens with one attached hydrogen (secondary N) is 2. The number of benzene rings is 3. The minimum atomic E-state index is -4.65. The molecule has 346 valence electrons. The number of carbonyl (C=O) groups excluding carboxylic acids is 4. The topological polar surface area (TPSA) is 229 Å². The van der Waals surface area contributed by atoms with Crippen molar-refractivity contribution in [3.8, 4) is 0 Å². The van der Waals surface area contributed by atoms with E-state index >= 15 is 0 Å². The van der Waals surface area contributed by atoms with Crippen LogP contribution in [0.3, 0.4) is 0 Å². The van der Waals surface area contributed by atoms with Crippen molar-refractivity contribution in [3.05, 3.63) is 101 Å². The molecule has 10 rings (SSSR count). The first-order valence-electron chi connectivity index (χ1n) is 21.9. The Kier molecular flexibility index (Phi) is 10.9. The summed E-state index contributed by atoms with van der Waals surface area (Å²) in [7, 11) is 0. The van der Waals surface area contributed by atoms with E-state index in [0.717, 1.165) is 12.1 Å². The normalized spacial score (nSPS) is 33.0. The third-order valence-electron chi connectivity index (χ3n) is 16.1. The van der Waals surface area contributed by atoms with E-state index in [4.69, 9.17) is 11.5 Å². The molecule has 0 spiro atoms. The van der Waals surface area contributed by atoms with Gasteiger partial charge in [0.05, 0.1) is 11.1 Å². The van der Waals surface area contributed by atoms with E-state index in [1.54, 1.807) is 62.4 Å². The molecule has 0 saturated carbocycles. The van der Waals surface area contributed by atoms with Crippen LogP contribution >= 0.6 is 0 Å². The first-order valence-corrected chi connectivity index (χ1v) is 21.9. The van der Waals surface area contributed by atoms with Crippen LogP contribution in [-0.2, 0) is 47.3 Å². The Bertz CT molecular complexity index is 2450. The summed E-state index contributed by atoms with van der Waals surface area (Å²) in [5.74, 6) is -3.48. The summed E-state index contributed by atoms with van der Waals surface area (Å²) in [6.07, 6.45) is -6.09. The van der Waals surface area contributed by atoms with E-state index in [2.05, 4.69) is 15.5 Å². The maximum Gasteiger partial charge on any atom is 0.416 e. The fourth-order valence-electron chi connectivity index (χ4n) is 13.5. The molecule has 3 heterocycles. The summed E-state index contributed by atoms with van der Waals surface area (Å²) >= 11 is 0. The SMILES string of the molecule is CC1C[C@@H](C2CCCN2[C@@]2(C(=O)NC(=O)O)c3ccc(cc3)C2(C)CC(N)=O)N(c2ccc(C(F)(F)F)cc2)[C@]1(C)C1CCCN1[C@@]1(C(=O)NC(=O)O)c2ccc(cc2)C1(C)CC(N)=O. The first kappa shape index (κ1) is 45.6. The second-order valence-corrected chi connectivity index (χ2v) is 19.1. The highest BCUT2D eigenvalue weighted by Crippen LogP contribution is 2.61. The molecular formula is C47H54F3N7O8. The van der Waals surface area contributed by atoms with Crippen molar-refractivity contribution in [1.29, 1.82) is 0 Å². The van der Waals surface area contributed by atoms with Crippen LogP contribution in [-0.4, -0.2) is 92.6 Å². The Balaban J connectivity index is 1.33. The number of nitrogens with two attached hydrogens (primary N) is 2. The number of amides is 6. The highest BCUT2D eigenvalue weighted by atomic mass is 19.4. The second-order valence-electron chi connectivity index (χ2n) is 19.1. The maximum absolute atomic E-state index is 15.0. The predicted molar refractivity (Wildman–Crippen MR) is 230 cm³/mol. The molecule has 0 aromatic heterocycles. The summed E-state index contributed by atoms with van der Waals surface area (Å²) in [4.78, 5) is 86.7. The van der Waals surface area contributed by atoms with Crippen LogP contribution in [0.2, 0.25) is 0 Å². The molecule has 7 aliphatic rings. The third-order valence-corrected chi connectivity index (χ3v) is 16.1. The lowest BCUT2D eigenvalue weighted by atomic mass is 9.56. The number of halogens is 3. The second kappa shape index (κ2) is 15.6. The minimum absolute atomic E-state index is 0.271. The average Bonchev–Trinajstić information content (AvgIpc) is 3.97. The summed E-state index contributed by atoms with van der Waals surface area (Å²) in [6, 6.07) is 17.2. The molecule has 3 aliphatic heterocycles. The lowest BCUT2D eigenvalue weighted by molar-refractivity contribution is -0.145. The van der Waals surface area contributed by atoms with Crippen molar-refractivity contribution >= 4 is 41.5 Å². The highest BCUT2D eigenvalue weighted by Gasteiger charge is 2.70. The fourth-order valence-corrected chi connectivity index (χ4v) is 13.5. The molecule has 5 unspecified atom stereocenters. The van der Waals surface area contributed by atoms with Gasteiger partial charge in [-0.2, -0.15) is 13.2 Å². The number of nitrogens with zero attached hydrogens (tertiary/aromatic N) is 3. The third kappa shape index (κ3) is 6.44. The number of hydrogen-bond donors (Lipinski definition) is 6. The Morgan fingerprint density at radius 3 is 1.54 bits per heavy atom. The van der Waals surface area contributed by atoms with Gasteiger partial charge < -0.3 is 26.6 Å². The quantitative estimate of drug-likeness (QED) is 0.145. The Hall–Kier alpha value is -6.01. The van der Waals surface area contributed by atoms with Gasteiger partial charge in [-0.15, -0.1) is 0 Å². The molecule has 6 amide bonds. The van der Waals surface area contributed by atoms with Gasteiger partial charge >= 0.3 is 18.4 Å². The molecule has 4 bridgehead atoms. The van der Waals surface area contributed by atoms with E-state index in [1.807, 2.05) is 23.6 Å². The number of carbonyl (C=O) groups is 6. The van der Waals surface area contributed by atoms with E-state index in [0.29, 0.717) is 60.0 Å². The number of primary amides is 2. The van der Waals surface area contributed by atoms with Gasteiger partial charge in [0.15, 0.2) is 0 Å². The number of carboxylic acid groups (broad SMARTS) is 2. The van der Waals surface area contributed by atoms with Crippen LogP contribution in [0.25, 0.3) is 0 Å². The average molecular weight is 902 g/mol. The molecule has 3 aromatic carbocycles. The molecule has 15 nitrogen and oxygen atoms in total. The van der Waals surface area contributed by atoms with Crippen LogP contribution in [0.5, 0.6) is 0 Å². The first-order chi connectivity index (χ1) is 30.5. The molecule has 65 heavy (non-hydrogen) atoms. The molecule has 3 aromatic rings. The van der Waals surface area contributed by atoms with Crippen LogP contribution in [0, 0.1) is 5.92 Å². The van der Waals surface area contributed by atoms with Gasteiger partial charge in [0.25, 0.3) is 11.8 Å². The van der Waals surface area contributed by atoms with Crippen LogP contribution in [0.4, 0.5) is 28.4 Å². The monoisotopic (exact) mass is 901 g/mol. The number of alkyl halides is 3. The van der Waals surface area contributed by atoms with Gasteiger partial charge in [0.2, 0.25) is 11.8 Å². The number of rotatable bonds is 11. The van der Waals surface area contributed by atoms with Gasteiger partial charge in [-0.05, 0) is 105 Å². The molecule has 0 radical (unpaired) electrons. The van der Waals surface area contributed by atoms with Crippen molar-refractivity contribution in [2.24, 2.45) is 17.4 Å². The largest absolute Gasteiger partial charge is 0.465 e. The summed E-state index contributed by atoms with van der Waals surface area (Å²) in [5, 5.41) is 24.4. The van der Waals surface area contributed by atoms with Gasteiger partial charge in [-0.3, -0.25) is 39.6 Å². The van der Waals surface area contributed by atoms with E-state index in [1.165, 1.54) is 12.1 Å². The van der Waals surface area contributed by atoms with Crippen molar-refractivity contribution in [2.45, 2.75) is 124 Å². The van der Waals surface area contributed by atoms with Crippen LogP contribution in [0.15, 0.2) is 72.8 Å². The van der Waals surface area contributed by atoms with Gasteiger partial charge in [0, 0.05) is 47.5 Å². The van der Waals surface area contributed by atoms with Crippen molar-refractivity contribution in [1.82, 2.24) is 20.4 Å². The Morgan fingerprint density at radius 2 is 1.09 bits per heavy atom.